The van der Waals surface area contributed by atoms with Gasteiger partial charge in [0.2, 0.25) is 0 Å². The predicted molar refractivity (Wildman–Crippen MR) is 54.0 cm³/mol. The zero-order chi connectivity index (χ0) is 10.4. The third kappa shape index (κ3) is 2.30. The highest BCUT2D eigenvalue weighted by atomic mass is 16.7. The van der Waals surface area contributed by atoms with Crippen LogP contribution in [-0.4, -0.2) is 26.0 Å². The van der Waals surface area contributed by atoms with Crippen molar-refractivity contribution in [1.29, 1.82) is 0 Å². The number of rotatable bonds is 3. The SMILES string of the molecule is COC1(OC)CCCCCCC1N=O. The van der Waals surface area contributed by atoms with E-state index in [9.17, 15) is 4.91 Å². The van der Waals surface area contributed by atoms with Crippen LogP contribution in [0, 0.1) is 4.91 Å². The summed E-state index contributed by atoms with van der Waals surface area (Å²) in [5.74, 6) is -0.776. The van der Waals surface area contributed by atoms with Crippen LogP contribution in [0.2, 0.25) is 0 Å². The molecule has 1 fully saturated rings. The largest absolute Gasteiger partial charge is 0.351 e. The van der Waals surface area contributed by atoms with Crippen molar-refractivity contribution in [2.24, 2.45) is 5.18 Å². The van der Waals surface area contributed by atoms with Gasteiger partial charge in [-0.2, -0.15) is 4.91 Å². The van der Waals surface area contributed by atoms with Gasteiger partial charge in [-0.15, -0.1) is 0 Å². The van der Waals surface area contributed by atoms with Crippen molar-refractivity contribution in [2.75, 3.05) is 14.2 Å². The van der Waals surface area contributed by atoms with Crippen LogP contribution in [0.4, 0.5) is 0 Å². The van der Waals surface area contributed by atoms with Gasteiger partial charge >= 0.3 is 0 Å². The van der Waals surface area contributed by atoms with E-state index in [4.69, 9.17) is 9.47 Å². The number of hydrogen-bond acceptors (Lipinski definition) is 4. The van der Waals surface area contributed by atoms with Gasteiger partial charge in [-0.1, -0.05) is 24.4 Å². The number of nitroso groups, excluding NO2 is 1. The molecule has 14 heavy (non-hydrogen) atoms. The summed E-state index contributed by atoms with van der Waals surface area (Å²) in [4.78, 5) is 10.7. The second-order valence-electron chi connectivity index (χ2n) is 3.79. The van der Waals surface area contributed by atoms with Crippen LogP contribution in [0.3, 0.4) is 0 Å². The van der Waals surface area contributed by atoms with Gasteiger partial charge in [0.1, 0.15) is 6.04 Å². The molecule has 0 spiro atoms. The average Bonchev–Trinajstić information content (AvgIpc) is 2.19. The monoisotopic (exact) mass is 201 g/mol. The van der Waals surface area contributed by atoms with E-state index >= 15 is 0 Å². The van der Waals surface area contributed by atoms with E-state index in [1.165, 1.54) is 12.8 Å². The number of methoxy groups -OCH3 is 2. The number of ether oxygens (including phenoxy) is 2. The lowest BCUT2D eigenvalue weighted by molar-refractivity contribution is -0.226. The summed E-state index contributed by atoms with van der Waals surface area (Å²) in [6.45, 7) is 0. The van der Waals surface area contributed by atoms with Crippen molar-refractivity contribution >= 4 is 0 Å². The van der Waals surface area contributed by atoms with Gasteiger partial charge < -0.3 is 9.47 Å². The highest BCUT2D eigenvalue weighted by Gasteiger charge is 2.40. The number of hydrogen-bond donors (Lipinski definition) is 0. The second kappa shape index (κ2) is 5.41. The summed E-state index contributed by atoms with van der Waals surface area (Å²) in [5, 5.41) is 3.14. The van der Waals surface area contributed by atoms with Gasteiger partial charge in [-0.3, -0.25) is 0 Å². The van der Waals surface area contributed by atoms with E-state index in [1.807, 2.05) is 0 Å². The van der Waals surface area contributed by atoms with Crippen LogP contribution in [0.5, 0.6) is 0 Å². The molecule has 0 aromatic carbocycles. The standard InChI is InChI=1S/C10H19NO3/c1-13-10(14-2)8-6-4-3-5-7-9(10)11-12/h9H,3-8H2,1-2H3. The Morgan fingerprint density at radius 2 is 1.79 bits per heavy atom. The minimum absolute atomic E-state index is 0.363. The van der Waals surface area contributed by atoms with E-state index < -0.39 is 5.79 Å². The van der Waals surface area contributed by atoms with Crippen molar-refractivity contribution in [2.45, 2.75) is 50.4 Å². The highest BCUT2D eigenvalue weighted by molar-refractivity contribution is 4.86. The lowest BCUT2D eigenvalue weighted by Gasteiger charge is -2.35. The van der Waals surface area contributed by atoms with Crippen LogP contribution >= 0.6 is 0 Å². The minimum Gasteiger partial charge on any atom is -0.351 e. The van der Waals surface area contributed by atoms with Crippen molar-refractivity contribution in [3.05, 3.63) is 4.91 Å². The Hall–Kier alpha value is -0.480. The Morgan fingerprint density at radius 3 is 2.36 bits per heavy atom. The molecule has 0 radical (unpaired) electrons. The Kier molecular flexibility index (Phi) is 4.48. The Bertz CT molecular complexity index is 180. The summed E-state index contributed by atoms with van der Waals surface area (Å²) in [6, 6.07) is -0.363. The summed E-state index contributed by atoms with van der Waals surface area (Å²) >= 11 is 0. The van der Waals surface area contributed by atoms with Gasteiger partial charge in [-0.25, -0.2) is 0 Å². The maximum absolute atomic E-state index is 10.7. The molecule has 0 aromatic heterocycles. The lowest BCUT2D eigenvalue weighted by atomic mass is 9.91. The van der Waals surface area contributed by atoms with Gasteiger partial charge in [-0.05, 0) is 12.8 Å². The molecule has 0 heterocycles. The molecule has 0 bridgehead atoms. The summed E-state index contributed by atoms with van der Waals surface area (Å²) in [7, 11) is 3.17. The molecular weight excluding hydrogens is 182 g/mol. The molecule has 0 aliphatic heterocycles. The Labute approximate surface area is 84.9 Å². The van der Waals surface area contributed by atoms with E-state index in [-0.39, 0.29) is 6.04 Å². The quantitative estimate of drug-likeness (QED) is 0.520. The first kappa shape index (κ1) is 11.6. The minimum atomic E-state index is -0.776. The molecule has 82 valence electrons. The van der Waals surface area contributed by atoms with E-state index in [1.54, 1.807) is 14.2 Å². The third-order valence-electron chi connectivity index (χ3n) is 3.08. The Balaban J connectivity index is 2.75. The molecule has 1 saturated carbocycles. The summed E-state index contributed by atoms with van der Waals surface area (Å²) in [5.41, 5.74) is 0. The third-order valence-corrected chi connectivity index (χ3v) is 3.08. The zero-order valence-corrected chi connectivity index (χ0v) is 8.99. The van der Waals surface area contributed by atoms with Crippen LogP contribution < -0.4 is 0 Å². The number of nitrogens with zero attached hydrogens (tertiary/aromatic N) is 1. The van der Waals surface area contributed by atoms with Crippen LogP contribution in [0.25, 0.3) is 0 Å². The Morgan fingerprint density at radius 1 is 1.14 bits per heavy atom. The van der Waals surface area contributed by atoms with Gasteiger partial charge in [0, 0.05) is 20.6 Å². The van der Waals surface area contributed by atoms with Gasteiger partial charge in [0.05, 0.1) is 0 Å². The van der Waals surface area contributed by atoms with Crippen molar-refractivity contribution in [3.8, 4) is 0 Å². The molecule has 4 nitrogen and oxygen atoms in total. The van der Waals surface area contributed by atoms with Crippen molar-refractivity contribution in [1.82, 2.24) is 0 Å². The summed E-state index contributed by atoms with van der Waals surface area (Å²) in [6.07, 6.45) is 5.95. The fraction of sp³-hybridized carbons (Fsp3) is 1.00. The lowest BCUT2D eigenvalue weighted by Crippen LogP contribution is -2.45. The fourth-order valence-electron chi connectivity index (χ4n) is 2.14. The topological polar surface area (TPSA) is 47.9 Å². The van der Waals surface area contributed by atoms with E-state index in [0.717, 1.165) is 25.7 Å². The molecule has 0 aromatic rings. The van der Waals surface area contributed by atoms with Crippen molar-refractivity contribution in [3.63, 3.8) is 0 Å². The van der Waals surface area contributed by atoms with Gasteiger partial charge in [0.15, 0.2) is 5.79 Å². The van der Waals surface area contributed by atoms with Crippen molar-refractivity contribution < 1.29 is 9.47 Å². The molecule has 1 rings (SSSR count). The second-order valence-corrected chi connectivity index (χ2v) is 3.79. The first-order valence-corrected chi connectivity index (χ1v) is 5.22. The molecule has 1 aliphatic carbocycles. The molecule has 1 aliphatic rings. The normalized spacial score (nSPS) is 27.7. The first-order chi connectivity index (χ1) is 6.79. The first-order valence-electron chi connectivity index (χ1n) is 5.22. The van der Waals surface area contributed by atoms with Crippen LogP contribution in [0.1, 0.15) is 38.5 Å². The van der Waals surface area contributed by atoms with E-state index in [0.29, 0.717) is 0 Å². The molecule has 1 unspecified atom stereocenters. The van der Waals surface area contributed by atoms with Crippen LogP contribution in [-0.2, 0) is 9.47 Å². The highest BCUT2D eigenvalue weighted by Crippen LogP contribution is 2.32. The molecular formula is C10H19NO3. The summed E-state index contributed by atoms with van der Waals surface area (Å²) < 4.78 is 10.7. The average molecular weight is 201 g/mol. The molecule has 0 saturated heterocycles. The zero-order valence-electron chi connectivity index (χ0n) is 8.99. The smallest absolute Gasteiger partial charge is 0.193 e. The maximum Gasteiger partial charge on any atom is 0.193 e. The molecule has 4 heteroatoms. The molecule has 0 amide bonds. The fourth-order valence-corrected chi connectivity index (χ4v) is 2.14. The predicted octanol–water partition coefficient (Wildman–Crippen LogP) is 2.46. The van der Waals surface area contributed by atoms with Gasteiger partial charge in [0.25, 0.3) is 0 Å². The molecule has 0 N–H and O–H groups in total. The van der Waals surface area contributed by atoms with E-state index in [2.05, 4.69) is 5.18 Å². The molecule has 1 atom stereocenters. The maximum atomic E-state index is 10.7. The van der Waals surface area contributed by atoms with Crippen LogP contribution in [0.15, 0.2) is 5.18 Å².